The van der Waals surface area contributed by atoms with Crippen LogP contribution in [-0.2, 0) is 29.5 Å². The Morgan fingerprint density at radius 3 is 1.79 bits per heavy atom. The predicted molar refractivity (Wildman–Crippen MR) is 112 cm³/mol. The number of aryl methyl sites for hydroxylation is 1. The first-order chi connectivity index (χ1) is 13.5. The van der Waals surface area contributed by atoms with Gasteiger partial charge in [-0.3, -0.25) is 0 Å². The number of sulfonamides is 1. The van der Waals surface area contributed by atoms with Gasteiger partial charge in [0, 0.05) is 13.1 Å². The molecule has 0 bridgehead atoms. The lowest BCUT2D eigenvalue weighted by molar-refractivity contribution is 0.382. The van der Waals surface area contributed by atoms with E-state index in [4.69, 9.17) is 4.74 Å². The van der Waals surface area contributed by atoms with Gasteiger partial charge in [-0.1, -0.05) is 73.7 Å². The molecule has 0 aliphatic heterocycles. The maximum absolute atomic E-state index is 13.6. The molecule has 0 fully saturated rings. The van der Waals surface area contributed by atoms with Gasteiger partial charge >= 0.3 is 0 Å². The molecule has 0 spiro atoms. The molecule has 5 heteroatoms. The Hall–Kier alpha value is -2.63. The SMILES string of the molecule is CCc1ccc(OC)c(S(=O)(=O)N(Cc2ccccc2)Cc2ccccc2)c1. The zero-order valence-corrected chi connectivity index (χ0v) is 17.0. The maximum Gasteiger partial charge on any atom is 0.247 e. The molecule has 0 N–H and O–H groups in total. The molecule has 0 heterocycles. The Morgan fingerprint density at radius 1 is 0.786 bits per heavy atom. The van der Waals surface area contributed by atoms with Gasteiger partial charge in [0.25, 0.3) is 0 Å². The van der Waals surface area contributed by atoms with Crippen molar-refractivity contribution in [2.75, 3.05) is 7.11 Å². The van der Waals surface area contributed by atoms with Crippen LogP contribution >= 0.6 is 0 Å². The number of ether oxygens (including phenoxy) is 1. The van der Waals surface area contributed by atoms with Crippen molar-refractivity contribution in [2.24, 2.45) is 0 Å². The van der Waals surface area contributed by atoms with Crippen LogP contribution in [0.4, 0.5) is 0 Å². The van der Waals surface area contributed by atoms with Gasteiger partial charge < -0.3 is 4.74 Å². The molecule has 0 saturated carbocycles. The summed E-state index contributed by atoms with van der Waals surface area (Å²) < 4.78 is 34.2. The molecule has 0 amide bonds. The van der Waals surface area contributed by atoms with Crippen molar-refractivity contribution >= 4 is 10.0 Å². The van der Waals surface area contributed by atoms with Gasteiger partial charge in [-0.2, -0.15) is 4.31 Å². The smallest absolute Gasteiger partial charge is 0.247 e. The normalized spacial score (nSPS) is 11.5. The minimum atomic E-state index is -3.76. The van der Waals surface area contributed by atoms with Crippen LogP contribution in [0.15, 0.2) is 83.8 Å². The topological polar surface area (TPSA) is 46.6 Å². The number of hydrogen-bond donors (Lipinski definition) is 0. The lowest BCUT2D eigenvalue weighted by atomic mass is 10.2. The highest BCUT2D eigenvalue weighted by Gasteiger charge is 2.28. The highest BCUT2D eigenvalue weighted by molar-refractivity contribution is 7.89. The fourth-order valence-corrected chi connectivity index (χ4v) is 4.70. The van der Waals surface area contributed by atoms with Crippen LogP contribution in [0.3, 0.4) is 0 Å². The van der Waals surface area contributed by atoms with E-state index in [0.29, 0.717) is 5.75 Å². The van der Waals surface area contributed by atoms with Crippen LogP contribution in [-0.4, -0.2) is 19.8 Å². The van der Waals surface area contributed by atoms with E-state index in [0.717, 1.165) is 23.1 Å². The third kappa shape index (κ3) is 4.61. The van der Waals surface area contributed by atoms with Crippen molar-refractivity contribution in [2.45, 2.75) is 31.3 Å². The molecule has 0 radical (unpaired) electrons. The van der Waals surface area contributed by atoms with Crippen molar-refractivity contribution < 1.29 is 13.2 Å². The standard InChI is InChI=1S/C23H25NO3S/c1-3-19-14-15-22(27-2)23(16-19)28(25,26)24(17-20-10-6-4-7-11-20)18-21-12-8-5-9-13-21/h4-16H,3,17-18H2,1-2H3. The van der Waals surface area contributed by atoms with Crippen LogP contribution in [0.5, 0.6) is 5.75 Å². The second-order valence-corrected chi connectivity index (χ2v) is 8.49. The molecular formula is C23H25NO3S. The van der Waals surface area contributed by atoms with E-state index < -0.39 is 10.0 Å². The minimum Gasteiger partial charge on any atom is -0.495 e. The van der Waals surface area contributed by atoms with Crippen LogP contribution < -0.4 is 4.74 Å². The molecule has 28 heavy (non-hydrogen) atoms. The molecule has 0 aliphatic rings. The van der Waals surface area contributed by atoms with Gasteiger partial charge in [0.1, 0.15) is 10.6 Å². The highest BCUT2D eigenvalue weighted by Crippen LogP contribution is 2.30. The lowest BCUT2D eigenvalue weighted by Crippen LogP contribution is -2.30. The monoisotopic (exact) mass is 395 g/mol. The van der Waals surface area contributed by atoms with Crippen molar-refractivity contribution in [1.29, 1.82) is 0 Å². The van der Waals surface area contributed by atoms with Crippen LogP contribution in [0.2, 0.25) is 0 Å². The second-order valence-electron chi connectivity index (χ2n) is 6.58. The van der Waals surface area contributed by atoms with Crippen molar-refractivity contribution in [3.8, 4) is 5.75 Å². The third-order valence-electron chi connectivity index (χ3n) is 4.66. The first-order valence-electron chi connectivity index (χ1n) is 9.29. The number of hydrogen-bond acceptors (Lipinski definition) is 3. The van der Waals surface area contributed by atoms with Gasteiger partial charge in [-0.05, 0) is 35.2 Å². The fourth-order valence-electron chi connectivity index (χ4n) is 3.08. The van der Waals surface area contributed by atoms with E-state index in [2.05, 4.69) is 0 Å². The summed E-state index contributed by atoms with van der Waals surface area (Å²) in [7, 11) is -2.27. The summed E-state index contributed by atoms with van der Waals surface area (Å²) in [5.41, 5.74) is 2.83. The highest BCUT2D eigenvalue weighted by atomic mass is 32.2. The molecule has 3 rings (SSSR count). The average molecular weight is 396 g/mol. The molecule has 0 unspecified atom stereocenters. The minimum absolute atomic E-state index is 0.209. The molecule has 3 aromatic rings. The van der Waals surface area contributed by atoms with Crippen molar-refractivity contribution in [3.05, 3.63) is 95.6 Å². The lowest BCUT2D eigenvalue weighted by Gasteiger charge is -2.24. The Morgan fingerprint density at radius 2 is 1.32 bits per heavy atom. The zero-order valence-electron chi connectivity index (χ0n) is 16.2. The van der Waals surface area contributed by atoms with Gasteiger partial charge in [0.15, 0.2) is 0 Å². The van der Waals surface area contributed by atoms with Crippen LogP contribution in [0.1, 0.15) is 23.6 Å². The second kappa shape index (κ2) is 9.04. The molecule has 0 saturated heterocycles. The van der Waals surface area contributed by atoms with E-state index in [1.807, 2.05) is 73.7 Å². The van der Waals surface area contributed by atoms with Crippen molar-refractivity contribution in [1.82, 2.24) is 4.31 Å². The Bertz CT molecular complexity index is 961. The van der Waals surface area contributed by atoms with Crippen LogP contribution in [0, 0.1) is 0 Å². The first-order valence-corrected chi connectivity index (χ1v) is 10.7. The largest absolute Gasteiger partial charge is 0.495 e. The Balaban J connectivity index is 2.05. The van der Waals surface area contributed by atoms with Gasteiger partial charge in [0.05, 0.1) is 7.11 Å². The molecule has 4 nitrogen and oxygen atoms in total. The molecule has 3 aromatic carbocycles. The van der Waals surface area contributed by atoms with E-state index in [9.17, 15) is 8.42 Å². The summed E-state index contributed by atoms with van der Waals surface area (Å²) in [4.78, 5) is 0.209. The molecular weight excluding hydrogens is 370 g/mol. The number of rotatable bonds is 8. The van der Waals surface area contributed by atoms with E-state index in [1.165, 1.54) is 11.4 Å². The Labute approximate surface area is 167 Å². The average Bonchev–Trinajstić information content (AvgIpc) is 2.74. The Kier molecular flexibility index (Phi) is 6.49. The van der Waals surface area contributed by atoms with E-state index >= 15 is 0 Å². The van der Waals surface area contributed by atoms with Gasteiger partial charge in [-0.15, -0.1) is 0 Å². The van der Waals surface area contributed by atoms with Crippen LogP contribution in [0.25, 0.3) is 0 Å². The quantitative estimate of drug-likeness (QED) is 0.558. The summed E-state index contributed by atoms with van der Waals surface area (Å²) in [6.45, 7) is 2.58. The van der Waals surface area contributed by atoms with Gasteiger partial charge in [-0.25, -0.2) is 8.42 Å². The first kappa shape index (κ1) is 20.1. The summed E-state index contributed by atoms with van der Waals surface area (Å²) in [5, 5.41) is 0. The molecule has 0 aromatic heterocycles. The summed E-state index contributed by atoms with van der Waals surface area (Å²) in [6.07, 6.45) is 0.754. The van der Waals surface area contributed by atoms with Gasteiger partial charge in [0.2, 0.25) is 10.0 Å². The van der Waals surface area contributed by atoms with Crippen molar-refractivity contribution in [3.63, 3.8) is 0 Å². The van der Waals surface area contributed by atoms with E-state index in [-0.39, 0.29) is 18.0 Å². The number of benzene rings is 3. The molecule has 146 valence electrons. The third-order valence-corrected chi connectivity index (χ3v) is 6.47. The number of nitrogens with zero attached hydrogens (tertiary/aromatic N) is 1. The number of methoxy groups -OCH3 is 1. The zero-order chi connectivity index (χ0) is 20.0. The maximum atomic E-state index is 13.6. The molecule has 0 aliphatic carbocycles. The summed E-state index contributed by atoms with van der Waals surface area (Å²) in [6, 6.07) is 24.6. The van der Waals surface area contributed by atoms with E-state index in [1.54, 1.807) is 12.1 Å². The predicted octanol–water partition coefficient (Wildman–Crippen LogP) is 4.65. The molecule has 0 atom stereocenters. The summed E-state index contributed by atoms with van der Waals surface area (Å²) >= 11 is 0. The summed E-state index contributed by atoms with van der Waals surface area (Å²) in [5.74, 6) is 0.364. The fraction of sp³-hybridized carbons (Fsp3) is 0.217.